The van der Waals surface area contributed by atoms with Gasteiger partial charge in [0.2, 0.25) is 0 Å². The molecule has 1 aromatic carbocycles. The molecule has 0 bridgehead atoms. The highest BCUT2D eigenvalue weighted by molar-refractivity contribution is 7.16. The van der Waals surface area contributed by atoms with Crippen molar-refractivity contribution in [2.75, 3.05) is 36.4 Å². The van der Waals surface area contributed by atoms with Gasteiger partial charge in [-0.15, -0.1) is 11.3 Å². The highest BCUT2D eigenvalue weighted by atomic mass is 32.1. The molecule has 0 spiro atoms. The molecule has 2 N–H and O–H groups in total. The number of amides is 1. The minimum Gasteiger partial charge on any atom is -0.367 e. The van der Waals surface area contributed by atoms with Crippen LogP contribution in [0.4, 0.5) is 11.4 Å². The zero-order valence-electron chi connectivity index (χ0n) is 15.7. The van der Waals surface area contributed by atoms with Crippen molar-refractivity contribution in [2.45, 2.75) is 0 Å². The van der Waals surface area contributed by atoms with E-state index in [2.05, 4.69) is 25.6 Å². The molecule has 4 heterocycles. The second-order valence-corrected chi connectivity index (χ2v) is 7.90. The molecule has 4 aromatic rings. The molecule has 0 aliphatic carbocycles. The van der Waals surface area contributed by atoms with Crippen molar-refractivity contribution < 1.29 is 4.79 Å². The third-order valence-electron chi connectivity index (χ3n) is 5.01. The van der Waals surface area contributed by atoms with Gasteiger partial charge in [-0.2, -0.15) is 5.10 Å². The molecule has 3 aromatic heterocycles. The Kier molecular flexibility index (Phi) is 4.71. The number of nitrogens with one attached hydrogen (secondary N) is 2. The maximum absolute atomic E-state index is 12.9. The summed E-state index contributed by atoms with van der Waals surface area (Å²) < 4.78 is 1.87. The molecule has 1 aliphatic heterocycles. The number of thiophene rings is 1. The first-order valence-electron chi connectivity index (χ1n) is 9.53. The summed E-state index contributed by atoms with van der Waals surface area (Å²) in [6.45, 7) is 3.68. The lowest BCUT2D eigenvalue weighted by molar-refractivity contribution is 0.103. The quantitative estimate of drug-likeness (QED) is 0.547. The summed E-state index contributed by atoms with van der Waals surface area (Å²) in [4.78, 5) is 20.0. The number of carbonyl (C=O) groups is 1. The number of anilines is 2. The van der Waals surface area contributed by atoms with Crippen LogP contribution in [-0.2, 0) is 0 Å². The summed E-state index contributed by atoms with van der Waals surface area (Å²) >= 11 is 1.42. The van der Waals surface area contributed by atoms with E-state index in [9.17, 15) is 4.79 Å². The van der Waals surface area contributed by atoms with Crippen LogP contribution in [0.15, 0.2) is 61.1 Å². The maximum atomic E-state index is 12.9. The SMILES string of the molecule is O=C(Nc1cnccc1N1CCNCC1)c1ccc(-n2ncc3ccccc32)s1. The van der Waals surface area contributed by atoms with Crippen LogP contribution >= 0.6 is 11.3 Å². The van der Waals surface area contributed by atoms with E-state index < -0.39 is 0 Å². The van der Waals surface area contributed by atoms with E-state index in [-0.39, 0.29) is 5.91 Å². The Balaban J connectivity index is 1.39. The number of hydrogen-bond donors (Lipinski definition) is 2. The number of carbonyl (C=O) groups excluding carboxylic acids is 1. The smallest absolute Gasteiger partial charge is 0.265 e. The molecule has 29 heavy (non-hydrogen) atoms. The number of benzene rings is 1. The van der Waals surface area contributed by atoms with E-state index >= 15 is 0 Å². The Morgan fingerprint density at radius 1 is 1.07 bits per heavy atom. The predicted molar refractivity (Wildman–Crippen MR) is 116 cm³/mol. The van der Waals surface area contributed by atoms with E-state index in [1.807, 2.05) is 53.3 Å². The second-order valence-electron chi connectivity index (χ2n) is 6.84. The summed E-state index contributed by atoms with van der Waals surface area (Å²) in [5, 5.41) is 12.8. The number of rotatable bonds is 4. The van der Waals surface area contributed by atoms with Gasteiger partial charge in [0.15, 0.2) is 0 Å². The van der Waals surface area contributed by atoms with Gasteiger partial charge in [-0.05, 0) is 24.3 Å². The fraction of sp³-hybridized carbons (Fsp3) is 0.190. The molecular weight excluding hydrogens is 384 g/mol. The zero-order chi connectivity index (χ0) is 19.6. The summed E-state index contributed by atoms with van der Waals surface area (Å²) in [7, 11) is 0. The first kappa shape index (κ1) is 17.8. The van der Waals surface area contributed by atoms with Crippen LogP contribution in [0.2, 0.25) is 0 Å². The van der Waals surface area contributed by atoms with Gasteiger partial charge >= 0.3 is 0 Å². The molecule has 1 amide bonds. The van der Waals surface area contributed by atoms with E-state index in [1.54, 1.807) is 12.4 Å². The number of piperazine rings is 1. The molecule has 8 heteroatoms. The fourth-order valence-electron chi connectivity index (χ4n) is 3.56. The molecule has 5 rings (SSSR count). The molecule has 1 fully saturated rings. The number of fused-ring (bicyclic) bond motifs is 1. The van der Waals surface area contributed by atoms with Crippen molar-refractivity contribution >= 4 is 39.5 Å². The average molecular weight is 404 g/mol. The van der Waals surface area contributed by atoms with Crippen LogP contribution in [0.3, 0.4) is 0 Å². The van der Waals surface area contributed by atoms with Crippen LogP contribution in [0.5, 0.6) is 0 Å². The predicted octanol–water partition coefficient (Wildman–Crippen LogP) is 3.14. The number of aromatic nitrogens is 3. The van der Waals surface area contributed by atoms with Gasteiger partial charge in [-0.3, -0.25) is 9.78 Å². The fourth-order valence-corrected chi connectivity index (χ4v) is 4.43. The van der Waals surface area contributed by atoms with Crippen LogP contribution in [0.1, 0.15) is 9.67 Å². The van der Waals surface area contributed by atoms with Crippen molar-refractivity contribution in [1.29, 1.82) is 0 Å². The Morgan fingerprint density at radius 3 is 2.83 bits per heavy atom. The lowest BCUT2D eigenvalue weighted by atomic mass is 10.2. The molecular formula is C21H20N6OS. The minimum absolute atomic E-state index is 0.137. The average Bonchev–Trinajstić information content (AvgIpc) is 3.42. The largest absolute Gasteiger partial charge is 0.367 e. The third-order valence-corrected chi connectivity index (χ3v) is 6.07. The van der Waals surface area contributed by atoms with Crippen molar-refractivity contribution in [1.82, 2.24) is 20.1 Å². The topological polar surface area (TPSA) is 75.1 Å². The highest BCUT2D eigenvalue weighted by Crippen LogP contribution is 2.28. The van der Waals surface area contributed by atoms with Crippen LogP contribution in [-0.4, -0.2) is 46.9 Å². The molecule has 7 nitrogen and oxygen atoms in total. The molecule has 146 valence electrons. The Hall–Kier alpha value is -3.23. The van der Waals surface area contributed by atoms with Crippen molar-refractivity contribution in [3.05, 3.63) is 65.9 Å². The Bertz CT molecular complexity index is 1160. The van der Waals surface area contributed by atoms with Crippen LogP contribution in [0.25, 0.3) is 15.9 Å². The number of para-hydroxylation sites is 1. The Morgan fingerprint density at radius 2 is 1.93 bits per heavy atom. The summed E-state index contributed by atoms with van der Waals surface area (Å²) in [5.74, 6) is -0.137. The highest BCUT2D eigenvalue weighted by Gasteiger charge is 2.18. The number of pyridine rings is 1. The summed E-state index contributed by atoms with van der Waals surface area (Å²) in [6.07, 6.45) is 5.31. The second kappa shape index (κ2) is 7.65. The van der Waals surface area contributed by atoms with Gasteiger partial charge < -0.3 is 15.5 Å². The first-order chi connectivity index (χ1) is 14.3. The van der Waals surface area contributed by atoms with Gasteiger partial charge in [0.1, 0.15) is 5.00 Å². The summed E-state index contributed by atoms with van der Waals surface area (Å²) in [5.41, 5.74) is 2.76. The summed E-state index contributed by atoms with van der Waals surface area (Å²) in [6, 6.07) is 13.8. The lowest BCUT2D eigenvalue weighted by Gasteiger charge is -2.30. The van der Waals surface area contributed by atoms with Gasteiger partial charge in [0.25, 0.3) is 5.91 Å². The molecule has 1 aliphatic rings. The van der Waals surface area contributed by atoms with Crippen LogP contribution < -0.4 is 15.5 Å². The van der Waals surface area contributed by atoms with E-state index in [0.717, 1.165) is 53.5 Å². The van der Waals surface area contributed by atoms with Gasteiger partial charge in [-0.1, -0.05) is 18.2 Å². The molecule has 1 saturated heterocycles. The van der Waals surface area contributed by atoms with Gasteiger partial charge in [0.05, 0.1) is 34.2 Å². The number of nitrogens with zero attached hydrogens (tertiary/aromatic N) is 4. The molecule has 0 atom stereocenters. The van der Waals surface area contributed by atoms with E-state index in [1.165, 1.54) is 11.3 Å². The first-order valence-corrected chi connectivity index (χ1v) is 10.4. The van der Waals surface area contributed by atoms with E-state index in [0.29, 0.717) is 4.88 Å². The minimum atomic E-state index is -0.137. The number of hydrogen-bond acceptors (Lipinski definition) is 6. The van der Waals surface area contributed by atoms with Gasteiger partial charge in [0, 0.05) is 37.8 Å². The van der Waals surface area contributed by atoms with Crippen molar-refractivity contribution in [3.63, 3.8) is 0 Å². The molecule has 0 radical (unpaired) electrons. The molecule has 0 saturated carbocycles. The lowest BCUT2D eigenvalue weighted by Crippen LogP contribution is -2.43. The third kappa shape index (κ3) is 3.48. The van der Waals surface area contributed by atoms with Crippen LogP contribution in [0, 0.1) is 0 Å². The normalized spacial score (nSPS) is 14.3. The molecule has 0 unspecified atom stereocenters. The maximum Gasteiger partial charge on any atom is 0.265 e. The monoisotopic (exact) mass is 404 g/mol. The van der Waals surface area contributed by atoms with Crippen molar-refractivity contribution in [3.8, 4) is 5.00 Å². The standard InChI is InChI=1S/C21H20N6OS/c28-21(25-16-14-23-8-7-18(16)26-11-9-22-10-12-26)19-5-6-20(29-19)27-17-4-2-1-3-15(17)13-24-27/h1-8,13-14,22H,9-12H2,(H,25,28). The van der Waals surface area contributed by atoms with Gasteiger partial charge in [-0.25, -0.2) is 4.68 Å². The van der Waals surface area contributed by atoms with E-state index in [4.69, 9.17) is 0 Å². The Labute approximate surface area is 172 Å². The van der Waals surface area contributed by atoms with Crippen molar-refractivity contribution in [2.24, 2.45) is 0 Å². The zero-order valence-corrected chi connectivity index (χ0v) is 16.5.